The summed E-state index contributed by atoms with van der Waals surface area (Å²) in [6.45, 7) is 4.32. The van der Waals surface area contributed by atoms with Crippen LogP contribution in [0.25, 0.3) is 0 Å². The quantitative estimate of drug-likeness (QED) is 0.866. The normalized spacial score (nSPS) is 13.2. The minimum absolute atomic E-state index is 0.176. The number of aliphatic hydroxyl groups excluding tert-OH is 1. The number of nitrogens with zero attached hydrogens (tertiary/aromatic N) is 1. The van der Waals surface area contributed by atoms with Crippen LogP contribution >= 0.6 is 0 Å². The fraction of sp³-hybridized carbons (Fsp3) is 0.389. The molecule has 0 aliphatic carbocycles. The van der Waals surface area contributed by atoms with Gasteiger partial charge in [0.2, 0.25) is 0 Å². The molecule has 0 aliphatic rings. The fourth-order valence-corrected chi connectivity index (χ4v) is 3.03. The molecular weight excluding hydrogens is 246 g/mol. The van der Waals surface area contributed by atoms with Crippen LogP contribution in [-0.2, 0) is 11.8 Å². The van der Waals surface area contributed by atoms with Gasteiger partial charge in [0.1, 0.15) is 0 Å². The van der Waals surface area contributed by atoms with E-state index in [0.717, 1.165) is 18.4 Å². The van der Waals surface area contributed by atoms with Gasteiger partial charge in [0.25, 0.3) is 0 Å². The first-order valence-electron chi connectivity index (χ1n) is 7.35. The second-order valence-corrected chi connectivity index (χ2v) is 5.30. The van der Waals surface area contributed by atoms with Crippen LogP contribution in [-0.4, -0.2) is 16.2 Å². The zero-order valence-corrected chi connectivity index (χ0v) is 12.3. The number of hydrogen-bond acceptors (Lipinski definition) is 2. The van der Waals surface area contributed by atoms with E-state index in [1.54, 1.807) is 12.4 Å². The number of rotatable bonds is 6. The molecule has 1 heterocycles. The van der Waals surface area contributed by atoms with Crippen LogP contribution in [0.15, 0.2) is 54.9 Å². The SMILES string of the molecule is CCC(CC)(c1ccccc1)C(O)Cc1ccncc1. The molecule has 1 atom stereocenters. The molecule has 0 aliphatic heterocycles. The summed E-state index contributed by atoms with van der Waals surface area (Å²) in [6.07, 6.45) is 5.70. The van der Waals surface area contributed by atoms with E-state index >= 15 is 0 Å². The summed E-state index contributed by atoms with van der Waals surface area (Å²) >= 11 is 0. The van der Waals surface area contributed by atoms with Gasteiger partial charge in [0.15, 0.2) is 0 Å². The highest BCUT2D eigenvalue weighted by Gasteiger charge is 2.36. The Morgan fingerprint density at radius 1 is 1.00 bits per heavy atom. The molecule has 2 aromatic rings. The molecule has 0 spiro atoms. The van der Waals surface area contributed by atoms with E-state index in [1.807, 2.05) is 18.2 Å². The molecule has 1 aromatic carbocycles. The summed E-state index contributed by atoms with van der Waals surface area (Å²) in [5, 5.41) is 10.8. The second-order valence-electron chi connectivity index (χ2n) is 5.30. The van der Waals surface area contributed by atoms with Crippen molar-refractivity contribution in [2.24, 2.45) is 0 Å². The van der Waals surface area contributed by atoms with Gasteiger partial charge in [-0.05, 0) is 42.5 Å². The predicted molar refractivity (Wildman–Crippen MR) is 82.6 cm³/mol. The average molecular weight is 269 g/mol. The molecule has 2 rings (SSSR count). The molecule has 1 unspecified atom stereocenters. The van der Waals surface area contributed by atoms with Crippen LogP contribution in [0.1, 0.15) is 37.8 Å². The summed E-state index contributed by atoms with van der Waals surface area (Å²) < 4.78 is 0. The average Bonchev–Trinajstić information content (AvgIpc) is 2.51. The van der Waals surface area contributed by atoms with Gasteiger partial charge in [0.05, 0.1) is 6.10 Å². The van der Waals surface area contributed by atoms with Crippen molar-refractivity contribution in [3.8, 4) is 0 Å². The first-order chi connectivity index (χ1) is 9.73. The Morgan fingerprint density at radius 2 is 1.60 bits per heavy atom. The van der Waals surface area contributed by atoms with Gasteiger partial charge < -0.3 is 5.11 Å². The summed E-state index contributed by atoms with van der Waals surface area (Å²) in [5.41, 5.74) is 2.19. The molecule has 2 heteroatoms. The van der Waals surface area contributed by atoms with Crippen molar-refractivity contribution in [1.29, 1.82) is 0 Å². The Balaban J connectivity index is 2.28. The molecule has 0 fully saturated rings. The minimum atomic E-state index is -0.387. The second kappa shape index (κ2) is 6.67. The van der Waals surface area contributed by atoms with Crippen molar-refractivity contribution in [3.63, 3.8) is 0 Å². The van der Waals surface area contributed by atoms with Crippen molar-refractivity contribution in [3.05, 3.63) is 66.0 Å². The van der Waals surface area contributed by atoms with Gasteiger partial charge in [-0.3, -0.25) is 4.98 Å². The summed E-state index contributed by atoms with van der Waals surface area (Å²) in [6, 6.07) is 14.3. The third-order valence-electron chi connectivity index (χ3n) is 4.43. The van der Waals surface area contributed by atoms with Gasteiger partial charge in [-0.25, -0.2) is 0 Å². The molecule has 0 amide bonds. The zero-order chi connectivity index (χ0) is 14.4. The van der Waals surface area contributed by atoms with Gasteiger partial charge in [-0.15, -0.1) is 0 Å². The molecule has 0 saturated heterocycles. The van der Waals surface area contributed by atoms with E-state index in [2.05, 4.69) is 43.1 Å². The van der Waals surface area contributed by atoms with Gasteiger partial charge in [-0.1, -0.05) is 44.2 Å². The van der Waals surface area contributed by atoms with Crippen LogP contribution in [0, 0.1) is 0 Å². The number of aliphatic hydroxyl groups is 1. The van der Waals surface area contributed by atoms with Gasteiger partial charge in [-0.2, -0.15) is 0 Å². The number of aromatic nitrogens is 1. The van der Waals surface area contributed by atoms with E-state index < -0.39 is 0 Å². The zero-order valence-electron chi connectivity index (χ0n) is 12.3. The molecule has 0 saturated carbocycles. The van der Waals surface area contributed by atoms with E-state index in [-0.39, 0.29) is 11.5 Å². The highest BCUT2D eigenvalue weighted by atomic mass is 16.3. The van der Waals surface area contributed by atoms with Crippen LogP contribution in [0.3, 0.4) is 0 Å². The molecule has 1 N–H and O–H groups in total. The highest BCUT2D eigenvalue weighted by molar-refractivity contribution is 5.28. The van der Waals surface area contributed by atoms with E-state index in [1.165, 1.54) is 5.56 Å². The lowest BCUT2D eigenvalue weighted by Gasteiger charge is -2.37. The number of pyridine rings is 1. The Bertz CT molecular complexity index is 505. The Hall–Kier alpha value is -1.67. The molecule has 106 valence electrons. The van der Waals surface area contributed by atoms with Crippen molar-refractivity contribution >= 4 is 0 Å². The lowest BCUT2D eigenvalue weighted by Crippen LogP contribution is -2.40. The first-order valence-corrected chi connectivity index (χ1v) is 7.35. The molecular formula is C18H23NO. The van der Waals surface area contributed by atoms with Crippen LogP contribution in [0.2, 0.25) is 0 Å². The molecule has 0 bridgehead atoms. The largest absolute Gasteiger partial charge is 0.392 e. The standard InChI is InChI=1S/C18H23NO/c1-3-18(4-2,16-8-6-5-7-9-16)17(20)14-15-10-12-19-13-11-15/h5-13,17,20H,3-4,14H2,1-2H3. The van der Waals surface area contributed by atoms with Gasteiger partial charge >= 0.3 is 0 Å². The molecule has 2 nitrogen and oxygen atoms in total. The fourth-order valence-electron chi connectivity index (χ4n) is 3.03. The van der Waals surface area contributed by atoms with Crippen LogP contribution in [0.4, 0.5) is 0 Å². The Kier molecular flexibility index (Phi) is 4.91. The summed E-state index contributed by atoms with van der Waals surface area (Å²) in [4.78, 5) is 4.03. The summed E-state index contributed by atoms with van der Waals surface area (Å²) in [5.74, 6) is 0. The van der Waals surface area contributed by atoms with Gasteiger partial charge in [0, 0.05) is 17.8 Å². The summed E-state index contributed by atoms with van der Waals surface area (Å²) in [7, 11) is 0. The van der Waals surface area contributed by atoms with Crippen molar-refractivity contribution in [1.82, 2.24) is 4.98 Å². The lowest BCUT2D eigenvalue weighted by atomic mass is 9.70. The smallest absolute Gasteiger partial charge is 0.0676 e. The lowest BCUT2D eigenvalue weighted by molar-refractivity contribution is 0.0733. The topological polar surface area (TPSA) is 33.1 Å². The molecule has 0 radical (unpaired) electrons. The Morgan fingerprint density at radius 3 is 2.15 bits per heavy atom. The molecule has 20 heavy (non-hydrogen) atoms. The van der Waals surface area contributed by atoms with Crippen molar-refractivity contribution in [2.75, 3.05) is 0 Å². The van der Waals surface area contributed by atoms with Crippen LogP contribution < -0.4 is 0 Å². The third-order valence-corrected chi connectivity index (χ3v) is 4.43. The first kappa shape index (κ1) is 14.7. The maximum Gasteiger partial charge on any atom is 0.0676 e. The molecule has 1 aromatic heterocycles. The third kappa shape index (κ3) is 2.91. The van der Waals surface area contributed by atoms with Crippen molar-refractivity contribution in [2.45, 2.75) is 44.6 Å². The van der Waals surface area contributed by atoms with E-state index in [0.29, 0.717) is 6.42 Å². The van der Waals surface area contributed by atoms with Crippen molar-refractivity contribution < 1.29 is 5.11 Å². The maximum atomic E-state index is 10.8. The number of benzene rings is 1. The van der Waals surface area contributed by atoms with Crippen LogP contribution in [0.5, 0.6) is 0 Å². The number of hydrogen-bond donors (Lipinski definition) is 1. The van der Waals surface area contributed by atoms with E-state index in [9.17, 15) is 5.11 Å². The minimum Gasteiger partial charge on any atom is -0.392 e. The Labute approximate surface area is 121 Å². The van der Waals surface area contributed by atoms with E-state index in [4.69, 9.17) is 0 Å². The maximum absolute atomic E-state index is 10.8. The monoisotopic (exact) mass is 269 g/mol. The highest BCUT2D eigenvalue weighted by Crippen LogP contribution is 2.36. The predicted octanol–water partition coefficient (Wildman–Crippen LogP) is 3.74.